The fourth-order valence-corrected chi connectivity index (χ4v) is 1.93. The number of benzene rings is 1. The van der Waals surface area contributed by atoms with Crippen molar-refractivity contribution in [1.82, 2.24) is 4.98 Å². The van der Waals surface area contributed by atoms with E-state index in [2.05, 4.69) is 4.98 Å². The molecular weight excluding hydrogens is 312 g/mol. The fraction of sp³-hybridized carbons (Fsp3) is 0.182. The van der Waals surface area contributed by atoms with Crippen molar-refractivity contribution in [2.75, 3.05) is 0 Å². The first-order chi connectivity index (χ1) is 8.60. The molecule has 102 valence electrons. The van der Waals surface area contributed by atoms with Crippen molar-refractivity contribution in [2.24, 2.45) is 0 Å². The van der Waals surface area contributed by atoms with Crippen molar-refractivity contribution >= 4 is 34.1 Å². The molecule has 0 saturated heterocycles. The van der Waals surface area contributed by atoms with Crippen LogP contribution in [0.4, 0.5) is 22.0 Å². The molecule has 0 amide bonds. The van der Waals surface area contributed by atoms with Gasteiger partial charge < -0.3 is 0 Å². The highest BCUT2D eigenvalue weighted by molar-refractivity contribution is 6.35. The van der Waals surface area contributed by atoms with Crippen LogP contribution < -0.4 is 0 Å². The third-order valence-electron chi connectivity index (χ3n) is 2.38. The number of halogens is 7. The minimum atomic E-state index is -4.73. The summed E-state index contributed by atoms with van der Waals surface area (Å²) in [6, 6.07) is 3.87. The summed E-state index contributed by atoms with van der Waals surface area (Å²) < 4.78 is 64.2. The lowest BCUT2D eigenvalue weighted by Gasteiger charge is -2.13. The van der Waals surface area contributed by atoms with Crippen LogP contribution in [0.5, 0.6) is 0 Å². The molecule has 0 unspecified atom stereocenters. The number of hydrogen-bond donors (Lipinski definition) is 0. The Labute approximate surface area is 113 Å². The van der Waals surface area contributed by atoms with Gasteiger partial charge >= 0.3 is 11.6 Å². The predicted molar refractivity (Wildman–Crippen MR) is 61.5 cm³/mol. The maximum atomic E-state index is 13.0. The molecule has 19 heavy (non-hydrogen) atoms. The molecule has 0 N–H and O–H groups in total. The molecular formula is C11H4Cl2F5N. The number of aromatic nitrogens is 1. The summed E-state index contributed by atoms with van der Waals surface area (Å²) in [5.41, 5.74) is -2.82. The van der Waals surface area contributed by atoms with Crippen LogP contribution in [0.15, 0.2) is 24.3 Å². The first-order valence-electron chi connectivity index (χ1n) is 4.84. The highest BCUT2D eigenvalue weighted by Crippen LogP contribution is 2.39. The molecule has 0 atom stereocenters. The Kier molecular flexibility index (Phi) is 3.35. The molecule has 1 nitrogen and oxygen atoms in total. The second kappa shape index (κ2) is 4.45. The average Bonchev–Trinajstić information content (AvgIpc) is 2.25. The van der Waals surface area contributed by atoms with Crippen molar-refractivity contribution < 1.29 is 22.0 Å². The first-order valence-corrected chi connectivity index (χ1v) is 5.60. The summed E-state index contributed by atoms with van der Waals surface area (Å²) in [4.78, 5) is 3.29. The lowest BCUT2D eigenvalue weighted by atomic mass is 10.1. The van der Waals surface area contributed by atoms with Gasteiger partial charge in [0.2, 0.25) is 0 Å². The maximum Gasteiger partial charge on any atom is 0.418 e. The summed E-state index contributed by atoms with van der Waals surface area (Å²) in [7, 11) is 0. The Balaban J connectivity index is 2.84. The Bertz CT molecular complexity index is 633. The lowest BCUT2D eigenvalue weighted by Crippen LogP contribution is -2.10. The van der Waals surface area contributed by atoms with Gasteiger partial charge in [-0.15, -0.1) is 0 Å². The Morgan fingerprint density at radius 2 is 1.68 bits per heavy atom. The van der Waals surface area contributed by atoms with E-state index in [-0.39, 0.29) is 10.4 Å². The van der Waals surface area contributed by atoms with Gasteiger partial charge in [0.25, 0.3) is 0 Å². The van der Waals surface area contributed by atoms with Gasteiger partial charge in [0.1, 0.15) is 5.69 Å². The summed E-state index contributed by atoms with van der Waals surface area (Å²) in [5, 5.41) is -4.23. The molecule has 0 fully saturated rings. The quantitative estimate of drug-likeness (QED) is 0.521. The summed E-state index contributed by atoms with van der Waals surface area (Å²) in [5.74, 6) is 0. The Morgan fingerprint density at radius 3 is 2.21 bits per heavy atom. The van der Waals surface area contributed by atoms with E-state index >= 15 is 0 Å². The smallest absolute Gasteiger partial charge is 0.244 e. The molecule has 1 heterocycles. The van der Waals surface area contributed by atoms with Gasteiger partial charge in [0, 0.05) is 5.39 Å². The number of pyridine rings is 1. The van der Waals surface area contributed by atoms with Gasteiger partial charge in [-0.05, 0) is 23.7 Å². The maximum absolute atomic E-state index is 13.0. The van der Waals surface area contributed by atoms with Gasteiger partial charge in [-0.1, -0.05) is 23.7 Å². The summed E-state index contributed by atoms with van der Waals surface area (Å²) >= 11 is 10.5. The highest BCUT2D eigenvalue weighted by Gasteiger charge is 2.36. The van der Waals surface area contributed by atoms with E-state index in [1.807, 2.05) is 0 Å². The summed E-state index contributed by atoms with van der Waals surface area (Å²) in [6.45, 7) is 0. The molecule has 0 aliphatic rings. The number of alkyl halides is 6. The van der Waals surface area contributed by atoms with Crippen LogP contribution in [-0.2, 0) is 11.6 Å². The molecule has 1 aromatic carbocycles. The second-order valence-corrected chi connectivity index (χ2v) is 4.57. The highest BCUT2D eigenvalue weighted by atomic mass is 35.5. The zero-order valence-corrected chi connectivity index (χ0v) is 10.4. The van der Waals surface area contributed by atoms with E-state index in [1.165, 1.54) is 6.07 Å². The average molecular weight is 316 g/mol. The molecule has 2 aromatic rings. The van der Waals surface area contributed by atoms with Crippen LogP contribution >= 0.6 is 23.2 Å². The van der Waals surface area contributed by atoms with Crippen LogP contribution in [-0.4, -0.2) is 4.98 Å². The third-order valence-corrected chi connectivity index (χ3v) is 2.89. The first kappa shape index (κ1) is 14.3. The van der Waals surface area contributed by atoms with E-state index in [4.69, 9.17) is 23.2 Å². The standard InChI is InChI=1S/C11H4Cl2F5N/c12-7-4-8(10(13,14)15)19-9-5(7)2-1-3-6(9)11(16,17)18/h1-4H. The monoisotopic (exact) mass is 315 g/mol. The molecule has 0 saturated carbocycles. The van der Waals surface area contributed by atoms with E-state index in [0.717, 1.165) is 18.2 Å². The number of nitrogens with zero attached hydrogens (tertiary/aromatic N) is 1. The molecule has 0 bridgehead atoms. The molecule has 1 aromatic heterocycles. The Hall–Kier alpha value is -1.14. The van der Waals surface area contributed by atoms with Crippen LogP contribution in [0.25, 0.3) is 10.9 Å². The molecule has 8 heteroatoms. The van der Waals surface area contributed by atoms with E-state index < -0.39 is 28.3 Å². The van der Waals surface area contributed by atoms with Crippen LogP contribution in [0.3, 0.4) is 0 Å². The van der Waals surface area contributed by atoms with Crippen LogP contribution in [0.2, 0.25) is 5.02 Å². The van der Waals surface area contributed by atoms with E-state index in [9.17, 15) is 22.0 Å². The normalized spacial score (nSPS) is 13.0. The van der Waals surface area contributed by atoms with Gasteiger partial charge in [-0.2, -0.15) is 22.0 Å². The van der Waals surface area contributed by atoms with Gasteiger partial charge in [0.15, 0.2) is 0 Å². The van der Waals surface area contributed by atoms with Crippen molar-refractivity contribution in [2.45, 2.75) is 11.6 Å². The zero-order chi connectivity index (χ0) is 14.4. The second-order valence-electron chi connectivity index (χ2n) is 3.69. The minimum absolute atomic E-state index is 0.0684. The van der Waals surface area contributed by atoms with E-state index in [0.29, 0.717) is 0 Å². The molecule has 0 spiro atoms. The topological polar surface area (TPSA) is 12.9 Å². The number of para-hydroxylation sites is 1. The number of hydrogen-bond acceptors (Lipinski definition) is 1. The third kappa shape index (κ3) is 2.74. The van der Waals surface area contributed by atoms with Gasteiger partial charge in [0.05, 0.1) is 16.1 Å². The molecule has 2 rings (SSSR count). The molecule has 0 radical (unpaired) electrons. The van der Waals surface area contributed by atoms with Crippen LogP contribution in [0.1, 0.15) is 11.3 Å². The summed E-state index contributed by atoms with van der Waals surface area (Å²) in [6.07, 6.45) is -4.73. The molecule has 0 aliphatic carbocycles. The zero-order valence-electron chi connectivity index (χ0n) is 8.90. The largest absolute Gasteiger partial charge is 0.418 e. The lowest BCUT2D eigenvalue weighted by molar-refractivity contribution is -0.136. The Morgan fingerprint density at radius 1 is 1.05 bits per heavy atom. The number of rotatable bonds is 1. The van der Waals surface area contributed by atoms with Crippen LogP contribution in [0, 0.1) is 0 Å². The predicted octanol–water partition coefficient (Wildman–Crippen LogP) is 5.20. The SMILES string of the molecule is FC(F)(F)c1cccc2c(Cl)cc(C(F)(F)Cl)nc12. The van der Waals surface area contributed by atoms with E-state index in [1.54, 1.807) is 0 Å². The van der Waals surface area contributed by atoms with Gasteiger partial charge in [-0.3, -0.25) is 0 Å². The number of fused-ring (bicyclic) bond motifs is 1. The van der Waals surface area contributed by atoms with Crippen molar-refractivity contribution in [1.29, 1.82) is 0 Å². The fourth-order valence-electron chi connectivity index (χ4n) is 1.58. The minimum Gasteiger partial charge on any atom is -0.244 e. The van der Waals surface area contributed by atoms with Crippen molar-refractivity contribution in [3.8, 4) is 0 Å². The van der Waals surface area contributed by atoms with Crippen molar-refractivity contribution in [3.63, 3.8) is 0 Å². The van der Waals surface area contributed by atoms with Crippen molar-refractivity contribution in [3.05, 3.63) is 40.5 Å². The van der Waals surface area contributed by atoms with Gasteiger partial charge in [-0.25, -0.2) is 4.98 Å². The molecule has 0 aliphatic heterocycles.